The first-order valence-corrected chi connectivity index (χ1v) is 4.70. The van der Waals surface area contributed by atoms with Crippen molar-refractivity contribution in [3.63, 3.8) is 0 Å². The Hall–Kier alpha value is -2.46. The summed E-state index contributed by atoms with van der Waals surface area (Å²) in [7, 11) is 0. The van der Waals surface area contributed by atoms with Crippen LogP contribution in [0.2, 0.25) is 0 Å². The average molecular weight is 276 g/mol. The maximum absolute atomic E-state index is 10.4. The third-order valence-electron chi connectivity index (χ3n) is 1.77. The number of rotatable bonds is 4. The molecule has 106 valence electrons. The molecular formula is C9H12N2O8. The Morgan fingerprint density at radius 3 is 1.79 bits per heavy atom. The Labute approximate surface area is 106 Å². The van der Waals surface area contributed by atoms with E-state index in [1.165, 1.54) is 6.39 Å². The molecule has 1 amide bonds. The number of carbonyl (C=O) groups excluding carboxylic acids is 1. The van der Waals surface area contributed by atoms with Crippen LogP contribution >= 0.6 is 0 Å². The smallest absolute Gasteiger partial charge is 0.335 e. The minimum atomic E-state index is -2.27. The summed E-state index contributed by atoms with van der Waals surface area (Å²) in [6.45, 7) is 1.66. The number of carboxylic acid groups (broad SMARTS) is 2. The molecule has 2 atom stereocenters. The van der Waals surface area contributed by atoms with E-state index < -0.39 is 30.1 Å². The first-order valence-electron chi connectivity index (χ1n) is 4.70. The average Bonchev–Trinajstić information content (AvgIpc) is 2.74. The molecule has 6 N–H and O–H groups in total. The normalized spacial score (nSPS) is 12.8. The Kier molecular flexibility index (Phi) is 6.16. The number of aliphatic hydroxyl groups is 2. The first kappa shape index (κ1) is 16.5. The van der Waals surface area contributed by atoms with E-state index >= 15 is 0 Å². The number of aryl methyl sites for hydroxylation is 1. The lowest BCUT2D eigenvalue weighted by molar-refractivity contribution is -0.165. The zero-order valence-electron chi connectivity index (χ0n) is 9.68. The van der Waals surface area contributed by atoms with E-state index in [-0.39, 0.29) is 5.76 Å². The minimum Gasteiger partial charge on any atom is -0.479 e. The number of aliphatic carboxylic acids is 2. The lowest BCUT2D eigenvalue weighted by Gasteiger charge is -2.07. The zero-order valence-corrected chi connectivity index (χ0v) is 9.68. The molecule has 10 heteroatoms. The molecule has 1 aromatic heterocycles. The highest BCUT2D eigenvalue weighted by Crippen LogP contribution is 2.01. The largest absolute Gasteiger partial charge is 0.479 e. The molecular weight excluding hydrogens is 264 g/mol. The van der Waals surface area contributed by atoms with Gasteiger partial charge in [0.25, 0.3) is 5.91 Å². The molecule has 10 nitrogen and oxygen atoms in total. The topological polar surface area (TPSA) is 184 Å². The van der Waals surface area contributed by atoms with Crippen LogP contribution in [0, 0.1) is 6.92 Å². The van der Waals surface area contributed by atoms with Gasteiger partial charge in [-0.15, -0.1) is 0 Å². The van der Waals surface area contributed by atoms with Crippen molar-refractivity contribution in [3.8, 4) is 0 Å². The van der Waals surface area contributed by atoms with Crippen LogP contribution in [0.1, 0.15) is 16.2 Å². The monoisotopic (exact) mass is 276 g/mol. The van der Waals surface area contributed by atoms with Crippen LogP contribution in [-0.4, -0.2) is 55.5 Å². The molecule has 0 aliphatic carbocycles. The molecule has 1 heterocycles. The number of nitrogens with two attached hydrogens (primary N) is 1. The zero-order chi connectivity index (χ0) is 15.2. The summed E-state index contributed by atoms with van der Waals surface area (Å²) in [5.41, 5.74) is 5.42. The van der Waals surface area contributed by atoms with Gasteiger partial charge in [-0.1, -0.05) is 0 Å². The van der Waals surface area contributed by atoms with Crippen molar-refractivity contribution in [1.29, 1.82) is 0 Å². The van der Waals surface area contributed by atoms with Gasteiger partial charge in [0.1, 0.15) is 0 Å². The van der Waals surface area contributed by atoms with E-state index in [0.717, 1.165) is 0 Å². The number of hydrogen-bond donors (Lipinski definition) is 5. The number of carbonyl (C=O) groups is 3. The van der Waals surface area contributed by atoms with Gasteiger partial charge in [0.05, 0.1) is 5.69 Å². The first-order chi connectivity index (χ1) is 8.68. The van der Waals surface area contributed by atoms with Crippen LogP contribution < -0.4 is 5.73 Å². The predicted octanol–water partition coefficient (Wildman–Crippen LogP) is -2.04. The van der Waals surface area contributed by atoms with E-state index in [0.29, 0.717) is 5.69 Å². The van der Waals surface area contributed by atoms with Crippen molar-refractivity contribution in [3.05, 3.63) is 17.8 Å². The standard InChI is InChI=1S/C5H6N2O2.C4H6O6/c1-3-4(5(6)8)9-2-7-3;5-1(3(7)8)2(6)4(9)10/h2H,1H3,(H2,6,8);1-2,5-6H,(H,7,8)(H,9,10). The molecule has 1 aromatic rings. The molecule has 0 radical (unpaired) electrons. The molecule has 0 saturated heterocycles. The van der Waals surface area contributed by atoms with Crippen LogP contribution in [0.4, 0.5) is 0 Å². The quantitative estimate of drug-likeness (QED) is 0.413. The third kappa shape index (κ3) is 5.14. The fraction of sp³-hybridized carbons (Fsp3) is 0.333. The van der Waals surface area contributed by atoms with Crippen molar-refractivity contribution in [2.45, 2.75) is 19.1 Å². The van der Waals surface area contributed by atoms with Gasteiger partial charge in [-0.25, -0.2) is 14.6 Å². The molecule has 0 saturated carbocycles. The van der Waals surface area contributed by atoms with Gasteiger partial charge in [0.2, 0.25) is 5.76 Å². The summed E-state index contributed by atoms with van der Waals surface area (Å²) >= 11 is 0. The van der Waals surface area contributed by atoms with Crippen molar-refractivity contribution < 1.29 is 39.2 Å². The Bertz CT molecular complexity index is 451. The lowest BCUT2D eigenvalue weighted by Crippen LogP contribution is -2.39. The van der Waals surface area contributed by atoms with Gasteiger partial charge >= 0.3 is 11.9 Å². The van der Waals surface area contributed by atoms with Gasteiger partial charge in [0, 0.05) is 0 Å². The third-order valence-corrected chi connectivity index (χ3v) is 1.77. The number of aliphatic hydroxyl groups excluding tert-OH is 2. The molecule has 1 rings (SSSR count). The Morgan fingerprint density at radius 2 is 1.63 bits per heavy atom. The van der Waals surface area contributed by atoms with Crippen molar-refractivity contribution in [1.82, 2.24) is 4.98 Å². The number of aromatic nitrogens is 1. The van der Waals surface area contributed by atoms with E-state index in [4.69, 9.17) is 26.2 Å². The van der Waals surface area contributed by atoms with E-state index in [9.17, 15) is 14.4 Å². The number of carboxylic acids is 2. The fourth-order valence-corrected chi connectivity index (χ4v) is 0.808. The SMILES string of the molecule is Cc1ncoc1C(N)=O.O=C(O)C(O)C(O)C(=O)O. The second-order valence-electron chi connectivity index (χ2n) is 3.20. The molecule has 0 bridgehead atoms. The molecule has 0 aliphatic heterocycles. The number of hydrogen-bond acceptors (Lipinski definition) is 7. The van der Waals surface area contributed by atoms with Gasteiger partial charge in [-0.05, 0) is 6.92 Å². The summed E-state index contributed by atoms with van der Waals surface area (Å²) in [6, 6.07) is 0. The molecule has 19 heavy (non-hydrogen) atoms. The van der Waals surface area contributed by atoms with Crippen molar-refractivity contribution in [2.75, 3.05) is 0 Å². The number of primary amides is 1. The lowest BCUT2D eigenvalue weighted by atomic mass is 10.2. The van der Waals surface area contributed by atoms with Crippen LogP contribution in [0.15, 0.2) is 10.8 Å². The Balaban J connectivity index is 0.000000342. The van der Waals surface area contributed by atoms with E-state index in [1.54, 1.807) is 6.92 Å². The maximum atomic E-state index is 10.4. The summed E-state index contributed by atoms with van der Waals surface area (Å²) < 4.78 is 4.64. The second-order valence-corrected chi connectivity index (χ2v) is 3.20. The summed E-state index contributed by atoms with van der Waals surface area (Å²) in [6.07, 6.45) is -3.34. The summed E-state index contributed by atoms with van der Waals surface area (Å²) in [4.78, 5) is 33.6. The Morgan fingerprint density at radius 1 is 1.21 bits per heavy atom. The van der Waals surface area contributed by atoms with Crippen molar-refractivity contribution in [2.24, 2.45) is 5.73 Å². The maximum Gasteiger partial charge on any atom is 0.335 e. The van der Waals surface area contributed by atoms with Gasteiger partial charge in [-0.3, -0.25) is 4.79 Å². The second kappa shape index (κ2) is 7.08. The molecule has 0 aromatic carbocycles. The van der Waals surface area contributed by atoms with Gasteiger partial charge in [-0.2, -0.15) is 0 Å². The van der Waals surface area contributed by atoms with Gasteiger partial charge in [0.15, 0.2) is 18.6 Å². The van der Waals surface area contributed by atoms with Gasteiger partial charge < -0.3 is 30.6 Å². The number of amides is 1. The minimum absolute atomic E-state index is 0.134. The molecule has 0 fully saturated rings. The van der Waals surface area contributed by atoms with Crippen molar-refractivity contribution >= 4 is 17.8 Å². The van der Waals surface area contributed by atoms with E-state index in [1.807, 2.05) is 0 Å². The molecule has 2 unspecified atom stereocenters. The fourth-order valence-electron chi connectivity index (χ4n) is 0.808. The number of oxazole rings is 1. The highest BCUT2D eigenvalue weighted by atomic mass is 16.4. The van der Waals surface area contributed by atoms with Crippen LogP contribution in [0.25, 0.3) is 0 Å². The van der Waals surface area contributed by atoms with Crippen LogP contribution in [0.5, 0.6) is 0 Å². The van der Waals surface area contributed by atoms with Crippen LogP contribution in [-0.2, 0) is 9.59 Å². The highest BCUT2D eigenvalue weighted by molar-refractivity contribution is 5.90. The van der Waals surface area contributed by atoms with E-state index in [2.05, 4.69) is 9.40 Å². The molecule has 0 spiro atoms. The summed E-state index contributed by atoms with van der Waals surface area (Å²) in [5, 5.41) is 32.5. The summed E-state index contributed by atoms with van der Waals surface area (Å²) in [5.74, 6) is -3.98. The molecule has 0 aliphatic rings. The van der Waals surface area contributed by atoms with Crippen LogP contribution in [0.3, 0.4) is 0 Å². The predicted molar refractivity (Wildman–Crippen MR) is 57.0 cm³/mol. The number of nitrogens with zero attached hydrogens (tertiary/aromatic N) is 1. The highest BCUT2D eigenvalue weighted by Gasteiger charge is 2.29.